The van der Waals surface area contributed by atoms with Crippen LogP contribution in [0.3, 0.4) is 0 Å². The normalized spacial score (nSPS) is 10.9. The molecule has 1 aromatic rings. The zero-order chi connectivity index (χ0) is 14.4. The Morgan fingerprint density at radius 1 is 1.26 bits per heavy atom. The van der Waals surface area contributed by atoms with E-state index >= 15 is 0 Å². The first-order valence-electron chi connectivity index (χ1n) is 5.47. The van der Waals surface area contributed by atoms with Crippen LogP contribution in [0, 0.1) is 10.1 Å². The van der Waals surface area contributed by atoms with E-state index in [0.717, 1.165) is 0 Å². The van der Waals surface area contributed by atoms with E-state index in [0.29, 0.717) is 5.56 Å². The smallest absolute Gasteiger partial charge is 0.269 e. The van der Waals surface area contributed by atoms with Crippen LogP contribution in [-0.4, -0.2) is 22.3 Å². The SMILES string of the molecule is CC(=O)/C(C)=N/NC(=O)Cc1ccc([N+](=O)[O-])cc1. The van der Waals surface area contributed by atoms with E-state index in [4.69, 9.17) is 0 Å². The molecule has 0 bridgehead atoms. The van der Waals surface area contributed by atoms with Crippen LogP contribution in [0.15, 0.2) is 29.4 Å². The number of carbonyl (C=O) groups excluding carboxylic acids is 2. The molecule has 0 fully saturated rings. The van der Waals surface area contributed by atoms with Crippen molar-refractivity contribution in [2.45, 2.75) is 20.3 Å². The van der Waals surface area contributed by atoms with E-state index in [-0.39, 0.29) is 23.6 Å². The third-order valence-corrected chi connectivity index (χ3v) is 2.37. The van der Waals surface area contributed by atoms with E-state index in [9.17, 15) is 19.7 Å². The van der Waals surface area contributed by atoms with Crippen LogP contribution in [0.1, 0.15) is 19.4 Å². The largest absolute Gasteiger partial charge is 0.293 e. The summed E-state index contributed by atoms with van der Waals surface area (Å²) < 4.78 is 0. The summed E-state index contributed by atoms with van der Waals surface area (Å²) in [5.74, 6) is -0.620. The van der Waals surface area contributed by atoms with Crippen molar-refractivity contribution in [3.05, 3.63) is 39.9 Å². The van der Waals surface area contributed by atoms with E-state index in [1.165, 1.54) is 38.1 Å². The van der Waals surface area contributed by atoms with Crippen molar-refractivity contribution < 1.29 is 14.5 Å². The first kappa shape index (κ1) is 14.5. The topological polar surface area (TPSA) is 102 Å². The van der Waals surface area contributed by atoms with Crippen LogP contribution in [0.2, 0.25) is 0 Å². The van der Waals surface area contributed by atoms with Gasteiger partial charge in [-0.3, -0.25) is 19.7 Å². The fourth-order valence-corrected chi connectivity index (χ4v) is 1.19. The van der Waals surface area contributed by atoms with Gasteiger partial charge in [-0.2, -0.15) is 5.10 Å². The number of nitro benzene ring substituents is 1. The Bertz CT molecular complexity index is 534. The molecule has 7 heteroatoms. The van der Waals surface area contributed by atoms with Gasteiger partial charge >= 0.3 is 0 Å². The lowest BCUT2D eigenvalue weighted by atomic mass is 10.1. The Hall–Kier alpha value is -2.57. The molecular formula is C12H13N3O4. The first-order chi connectivity index (χ1) is 8.90. The number of nitrogens with one attached hydrogen (secondary N) is 1. The lowest BCUT2D eigenvalue weighted by Gasteiger charge is -2.01. The molecule has 0 aliphatic rings. The molecule has 0 radical (unpaired) electrons. The summed E-state index contributed by atoms with van der Waals surface area (Å²) in [4.78, 5) is 32.3. The molecule has 0 heterocycles. The Morgan fingerprint density at radius 3 is 2.32 bits per heavy atom. The molecule has 0 saturated carbocycles. The van der Waals surface area contributed by atoms with E-state index in [1.807, 2.05) is 0 Å². The molecule has 0 aliphatic carbocycles. The fraction of sp³-hybridized carbons (Fsp3) is 0.250. The number of amides is 1. The molecule has 0 aromatic heterocycles. The Labute approximate surface area is 109 Å². The van der Waals surface area contributed by atoms with Gasteiger partial charge in [0.1, 0.15) is 5.71 Å². The molecule has 1 rings (SSSR count). The zero-order valence-electron chi connectivity index (χ0n) is 10.5. The summed E-state index contributed by atoms with van der Waals surface area (Å²) in [6.07, 6.45) is 0.0344. The van der Waals surface area contributed by atoms with Crippen LogP contribution in [0.4, 0.5) is 5.69 Å². The maximum absolute atomic E-state index is 11.5. The fourth-order valence-electron chi connectivity index (χ4n) is 1.19. The summed E-state index contributed by atoms with van der Waals surface area (Å²) >= 11 is 0. The van der Waals surface area contributed by atoms with Crippen LogP contribution in [0.5, 0.6) is 0 Å². The predicted octanol–water partition coefficient (Wildman–Crippen LogP) is 1.22. The lowest BCUT2D eigenvalue weighted by Crippen LogP contribution is -2.22. The highest BCUT2D eigenvalue weighted by Gasteiger charge is 2.07. The number of nitrogens with zero attached hydrogens (tertiary/aromatic N) is 2. The van der Waals surface area contributed by atoms with Crippen molar-refractivity contribution in [2.24, 2.45) is 5.10 Å². The molecular weight excluding hydrogens is 250 g/mol. The van der Waals surface area contributed by atoms with Crippen molar-refractivity contribution in [3.8, 4) is 0 Å². The monoisotopic (exact) mass is 263 g/mol. The van der Waals surface area contributed by atoms with Gasteiger partial charge < -0.3 is 0 Å². The van der Waals surface area contributed by atoms with Crippen LogP contribution in [-0.2, 0) is 16.0 Å². The van der Waals surface area contributed by atoms with Crippen LogP contribution < -0.4 is 5.43 Å². The lowest BCUT2D eigenvalue weighted by molar-refractivity contribution is -0.384. The molecule has 0 atom stereocenters. The Balaban J connectivity index is 2.60. The highest BCUT2D eigenvalue weighted by atomic mass is 16.6. The maximum Gasteiger partial charge on any atom is 0.269 e. The molecule has 100 valence electrons. The summed E-state index contributed by atoms with van der Waals surface area (Å²) in [5, 5.41) is 14.1. The molecule has 7 nitrogen and oxygen atoms in total. The van der Waals surface area contributed by atoms with Gasteiger partial charge in [0.05, 0.1) is 11.3 Å². The standard InChI is InChI=1S/C12H13N3O4/c1-8(9(2)16)13-14-12(17)7-10-3-5-11(6-4-10)15(18)19/h3-6H,7H2,1-2H3,(H,14,17)/b13-8+. The van der Waals surface area contributed by atoms with E-state index in [1.54, 1.807) is 0 Å². The zero-order valence-corrected chi connectivity index (χ0v) is 10.5. The van der Waals surface area contributed by atoms with Gasteiger partial charge in [-0.05, 0) is 12.5 Å². The molecule has 0 saturated heterocycles. The number of carbonyl (C=O) groups is 2. The number of hydrogen-bond acceptors (Lipinski definition) is 5. The van der Waals surface area contributed by atoms with Crippen molar-refractivity contribution in [1.29, 1.82) is 0 Å². The number of benzene rings is 1. The number of non-ortho nitro benzene ring substituents is 1. The molecule has 0 unspecified atom stereocenters. The second kappa shape index (κ2) is 6.39. The van der Waals surface area contributed by atoms with Crippen LogP contribution >= 0.6 is 0 Å². The van der Waals surface area contributed by atoms with Gasteiger partial charge in [0.15, 0.2) is 5.78 Å². The van der Waals surface area contributed by atoms with Gasteiger partial charge in [-0.15, -0.1) is 0 Å². The van der Waals surface area contributed by atoms with E-state index in [2.05, 4.69) is 10.5 Å². The molecule has 1 aromatic carbocycles. The van der Waals surface area contributed by atoms with Crippen molar-refractivity contribution in [3.63, 3.8) is 0 Å². The maximum atomic E-state index is 11.5. The predicted molar refractivity (Wildman–Crippen MR) is 68.7 cm³/mol. The third-order valence-electron chi connectivity index (χ3n) is 2.37. The summed E-state index contributed by atoms with van der Waals surface area (Å²) in [6.45, 7) is 2.84. The van der Waals surface area contributed by atoms with Gasteiger partial charge in [0.25, 0.3) is 5.69 Å². The molecule has 1 amide bonds. The number of hydrazone groups is 1. The summed E-state index contributed by atoms with van der Waals surface area (Å²) in [7, 11) is 0. The highest BCUT2D eigenvalue weighted by molar-refractivity contribution is 6.38. The number of hydrogen-bond donors (Lipinski definition) is 1. The minimum absolute atomic E-state index is 0.0328. The Kier molecular flexibility index (Phi) is 4.87. The van der Waals surface area contributed by atoms with E-state index < -0.39 is 10.8 Å². The number of rotatable bonds is 5. The van der Waals surface area contributed by atoms with Crippen molar-refractivity contribution >= 4 is 23.1 Å². The second-order valence-corrected chi connectivity index (χ2v) is 3.89. The van der Waals surface area contributed by atoms with Gasteiger partial charge in [-0.1, -0.05) is 12.1 Å². The number of nitro groups is 1. The molecule has 0 aliphatic heterocycles. The van der Waals surface area contributed by atoms with Gasteiger partial charge in [0, 0.05) is 19.1 Å². The average molecular weight is 263 g/mol. The Morgan fingerprint density at radius 2 is 1.84 bits per heavy atom. The first-order valence-corrected chi connectivity index (χ1v) is 5.47. The highest BCUT2D eigenvalue weighted by Crippen LogP contribution is 2.12. The van der Waals surface area contributed by atoms with Gasteiger partial charge in [0.2, 0.25) is 5.91 Å². The second-order valence-electron chi connectivity index (χ2n) is 3.89. The van der Waals surface area contributed by atoms with Crippen molar-refractivity contribution in [2.75, 3.05) is 0 Å². The molecule has 1 N–H and O–H groups in total. The van der Waals surface area contributed by atoms with Crippen molar-refractivity contribution in [1.82, 2.24) is 5.43 Å². The third kappa shape index (κ3) is 4.66. The minimum Gasteiger partial charge on any atom is -0.293 e. The quantitative estimate of drug-likeness (QED) is 0.490. The molecule has 19 heavy (non-hydrogen) atoms. The average Bonchev–Trinajstić information content (AvgIpc) is 2.36. The molecule has 0 spiro atoms. The number of Topliss-reactive ketones (excluding diaryl/α,β-unsaturated/α-hetero) is 1. The number of ketones is 1. The van der Waals surface area contributed by atoms with Gasteiger partial charge in [-0.25, -0.2) is 5.43 Å². The summed E-state index contributed by atoms with van der Waals surface area (Å²) in [5.41, 5.74) is 3.04. The summed E-state index contributed by atoms with van der Waals surface area (Å²) in [6, 6.07) is 5.65. The minimum atomic E-state index is -0.510. The van der Waals surface area contributed by atoms with Crippen LogP contribution in [0.25, 0.3) is 0 Å².